The fourth-order valence-corrected chi connectivity index (χ4v) is 3.15. The number of nitrogens with zero attached hydrogens (tertiary/aromatic N) is 1. The summed E-state index contributed by atoms with van der Waals surface area (Å²) < 4.78 is 5.72. The van der Waals surface area contributed by atoms with E-state index in [1.54, 1.807) is 54.6 Å². The summed E-state index contributed by atoms with van der Waals surface area (Å²) in [5.41, 5.74) is 4.30. The molecular weight excluding hydrogens is 454 g/mol. The van der Waals surface area contributed by atoms with Crippen molar-refractivity contribution in [1.82, 2.24) is 5.43 Å². The molecule has 0 aliphatic heterocycles. The standard InChI is InChI=1S/C21H14Cl4N2O2/c22-17-2-1-3-18(23)16(17)12-29-15-7-4-13(5-8-15)11-26-27-21(28)14-6-9-19(24)20(25)10-14/h1-11H,12H2,(H,27,28)/b26-11-. The Balaban J connectivity index is 1.56. The van der Waals surface area contributed by atoms with E-state index in [0.717, 1.165) is 11.1 Å². The van der Waals surface area contributed by atoms with E-state index in [1.165, 1.54) is 12.3 Å². The van der Waals surface area contributed by atoms with Gasteiger partial charge in [-0.1, -0.05) is 52.5 Å². The predicted molar refractivity (Wildman–Crippen MR) is 119 cm³/mol. The summed E-state index contributed by atoms with van der Waals surface area (Å²) >= 11 is 24.0. The van der Waals surface area contributed by atoms with Crippen LogP contribution >= 0.6 is 46.4 Å². The Morgan fingerprint density at radius 2 is 1.59 bits per heavy atom. The summed E-state index contributed by atoms with van der Waals surface area (Å²) in [6.45, 7) is 0.256. The number of nitrogens with one attached hydrogen (secondary N) is 1. The minimum Gasteiger partial charge on any atom is -0.489 e. The van der Waals surface area contributed by atoms with Crippen molar-refractivity contribution in [3.05, 3.63) is 97.4 Å². The van der Waals surface area contributed by atoms with Gasteiger partial charge in [-0.3, -0.25) is 4.79 Å². The highest BCUT2D eigenvalue weighted by atomic mass is 35.5. The van der Waals surface area contributed by atoms with Gasteiger partial charge >= 0.3 is 0 Å². The van der Waals surface area contributed by atoms with Gasteiger partial charge in [-0.2, -0.15) is 5.10 Å². The van der Waals surface area contributed by atoms with Crippen molar-refractivity contribution >= 4 is 58.5 Å². The SMILES string of the molecule is O=C(N/N=C\c1ccc(OCc2c(Cl)cccc2Cl)cc1)c1ccc(Cl)c(Cl)c1. The van der Waals surface area contributed by atoms with E-state index in [0.29, 0.717) is 31.4 Å². The third-order valence-electron chi connectivity index (χ3n) is 3.89. The van der Waals surface area contributed by atoms with Gasteiger partial charge in [0.05, 0.1) is 16.3 Å². The van der Waals surface area contributed by atoms with Gasteiger partial charge in [-0.05, 0) is 60.2 Å². The highest BCUT2D eigenvalue weighted by molar-refractivity contribution is 6.42. The third-order valence-corrected chi connectivity index (χ3v) is 5.33. The first kappa shape index (κ1) is 21.5. The molecule has 1 N–H and O–H groups in total. The monoisotopic (exact) mass is 466 g/mol. The average Bonchev–Trinajstić information content (AvgIpc) is 2.70. The molecule has 8 heteroatoms. The molecule has 148 valence electrons. The maximum Gasteiger partial charge on any atom is 0.271 e. The second-order valence-electron chi connectivity index (χ2n) is 5.89. The molecule has 0 aliphatic carbocycles. The number of halogens is 4. The maximum absolute atomic E-state index is 12.1. The van der Waals surface area contributed by atoms with Crippen LogP contribution < -0.4 is 10.2 Å². The van der Waals surface area contributed by atoms with E-state index in [-0.39, 0.29) is 6.61 Å². The lowest BCUT2D eigenvalue weighted by molar-refractivity contribution is 0.0955. The highest BCUT2D eigenvalue weighted by Gasteiger charge is 2.07. The predicted octanol–water partition coefficient (Wildman–Crippen LogP) is 6.64. The first-order valence-electron chi connectivity index (χ1n) is 8.38. The Bertz CT molecular complexity index is 1030. The quantitative estimate of drug-likeness (QED) is 0.326. The van der Waals surface area contributed by atoms with E-state index in [9.17, 15) is 4.79 Å². The summed E-state index contributed by atoms with van der Waals surface area (Å²) in [6.07, 6.45) is 1.52. The van der Waals surface area contributed by atoms with Gasteiger partial charge in [-0.15, -0.1) is 0 Å². The number of carbonyl (C=O) groups is 1. The maximum atomic E-state index is 12.1. The summed E-state index contributed by atoms with van der Waals surface area (Å²) in [4.78, 5) is 12.1. The van der Waals surface area contributed by atoms with Crippen LogP contribution in [0.15, 0.2) is 65.8 Å². The number of hydrogen-bond acceptors (Lipinski definition) is 3. The first-order chi connectivity index (χ1) is 13.9. The Kier molecular flexibility index (Phi) is 7.40. The fourth-order valence-electron chi connectivity index (χ4n) is 2.34. The van der Waals surface area contributed by atoms with E-state index < -0.39 is 5.91 Å². The van der Waals surface area contributed by atoms with Crippen LogP contribution in [0.5, 0.6) is 5.75 Å². The van der Waals surface area contributed by atoms with Gasteiger partial charge in [-0.25, -0.2) is 5.43 Å². The molecule has 0 saturated heterocycles. The summed E-state index contributed by atoms with van der Waals surface area (Å²) in [5, 5.41) is 5.73. The number of benzene rings is 3. The molecule has 0 atom stereocenters. The second-order valence-corrected chi connectivity index (χ2v) is 7.51. The van der Waals surface area contributed by atoms with Crippen molar-refractivity contribution in [2.75, 3.05) is 0 Å². The zero-order valence-electron chi connectivity index (χ0n) is 14.8. The van der Waals surface area contributed by atoms with Crippen LogP contribution in [0.4, 0.5) is 0 Å². The molecule has 0 aliphatic rings. The summed E-state index contributed by atoms with van der Waals surface area (Å²) in [5.74, 6) is 0.259. The molecule has 0 unspecified atom stereocenters. The van der Waals surface area contributed by atoms with Crippen molar-refractivity contribution in [2.24, 2.45) is 5.10 Å². The number of rotatable bonds is 6. The van der Waals surface area contributed by atoms with Crippen LogP contribution in [-0.4, -0.2) is 12.1 Å². The van der Waals surface area contributed by atoms with Gasteiger partial charge in [0, 0.05) is 21.2 Å². The van der Waals surface area contributed by atoms with Crippen LogP contribution in [0.1, 0.15) is 21.5 Å². The summed E-state index contributed by atoms with van der Waals surface area (Å²) in [6, 6.07) is 17.1. The van der Waals surface area contributed by atoms with Crippen LogP contribution in [0, 0.1) is 0 Å². The van der Waals surface area contributed by atoms with E-state index in [1.807, 2.05) is 0 Å². The number of hydrogen-bond donors (Lipinski definition) is 1. The molecule has 3 rings (SSSR count). The normalized spacial score (nSPS) is 10.9. The first-order valence-corrected chi connectivity index (χ1v) is 9.89. The molecule has 3 aromatic rings. The van der Waals surface area contributed by atoms with Gasteiger partial charge in [0.15, 0.2) is 0 Å². The van der Waals surface area contributed by atoms with Gasteiger partial charge in [0.1, 0.15) is 12.4 Å². The molecule has 0 radical (unpaired) electrons. The Morgan fingerprint density at radius 1 is 0.897 bits per heavy atom. The van der Waals surface area contributed by atoms with Crippen molar-refractivity contribution in [3.8, 4) is 5.75 Å². The average molecular weight is 468 g/mol. The topological polar surface area (TPSA) is 50.7 Å². The van der Waals surface area contributed by atoms with Crippen molar-refractivity contribution in [2.45, 2.75) is 6.61 Å². The lowest BCUT2D eigenvalue weighted by atomic mass is 10.2. The van der Waals surface area contributed by atoms with Gasteiger partial charge < -0.3 is 4.74 Å². The number of hydrazone groups is 1. The lowest BCUT2D eigenvalue weighted by Crippen LogP contribution is -2.17. The molecule has 0 aromatic heterocycles. The molecule has 0 heterocycles. The molecule has 1 amide bonds. The second kappa shape index (κ2) is 9.99. The van der Waals surface area contributed by atoms with Crippen molar-refractivity contribution in [3.63, 3.8) is 0 Å². The minimum absolute atomic E-state index is 0.256. The smallest absolute Gasteiger partial charge is 0.271 e. The van der Waals surface area contributed by atoms with Crippen LogP contribution in [-0.2, 0) is 6.61 Å². The lowest BCUT2D eigenvalue weighted by Gasteiger charge is -2.09. The van der Waals surface area contributed by atoms with Crippen LogP contribution in [0.3, 0.4) is 0 Å². The van der Waals surface area contributed by atoms with E-state index in [4.69, 9.17) is 51.1 Å². The fraction of sp³-hybridized carbons (Fsp3) is 0.0476. The Labute approximate surface area is 188 Å². The molecule has 0 bridgehead atoms. The van der Waals surface area contributed by atoms with Gasteiger partial charge in [0.25, 0.3) is 5.91 Å². The highest BCUT2D eigenvalue weighted by Crippen LogP contribution is 2.26. The largest absolute Gasteiger partial charge is 0.489 e. The molecule has 4 nitrogen and oxygen atoms in total. The van der Waals surface area contributed by atoms with E-state index >= 15 is 0 Å². The molecule has 3 aromatic carbocycles. The third kappa shape index (κ3) is 5.87. The van der Waals surface area contributed by atoms with Crippen molar-refractivity contribution in [1.29, 1.82) is 0 Å². The Hall–Kier alpha value is -2.24. The molecule has 0 spiro atoms. The van der Waals surface area contributed by atoms with Gasteiger partial charge in [0.2, 0.25) is 0 Å². The summed E-state index contributed by atoms with van der Waals surface area (Å²) in [7, 11) is 0. The van der Waals surface area contributed by atoms with Crippen molar-refractivity contribution < 1.29 is 9.53 Å². The van der Waals surface area contributed by atoms with Crippen LogP contribution in [0.2, 0.25) is 20.1 Å². The zero-order chi connectivity index (χ0) is 20.8. The molecule has 29 heavy (non-hydrogen) atoms. The number of ether oxygens (including phenoxy) is 1. The number of carbonyl (C=O) groups excluding carboxylic acids is 1. The number of amides is 1. The molecule has 0 saturated carbocycles. The zero-order valence-corrected chi connectivity index (χ0v) is 17.9. The Morgan fingerprint density at radius 3 is 2.24 bits per heavy atom. The van der Waals surface area contributed by atoms with E-state index in [2.05, 4.69) is 10.5 Å². The molecular formula is C21H14Cl4N2O2. The minimum atomic E-state index is -0.392. The van der Waals surface area contributed by atoms with Crippen LogP contribution in [0.25, 0.3) is 0 Å². The molecule has 0 fully saturated rings.